The Hall–Kier alpha value is -2.28. The molecule has 1 heterocycles. The molecule has 0 saturated heterocycles. The second kappa shape index (κ2) is 4.92. The van der Waals surface area contributed by atoms with Gasteiger partial charge in [-0.15, -0.1) is 0 Å². The monoisotopic (exact) mass is 273 g/mol. The maximum Gasteiger partial charge on any atom is 0.0481 e. The largest absolute Gasteiger partial charge is 0.340 e. The summed E-state index contributed by atoms with van der Waals surface area (Å²) in [6, 6.07) is 19.7. The summed E-state index contributed by atoms with van der Waals surface area (Å²) in [5, 5.41) is 0. The van der Waals surface area contributed by atoms with Gasteiger partial charge in [-0.1, -0.05) is 54.6 Å². The molecule has 0 unspecified atom stereocenters. The van der Waals surface area contributed by atoms with Gasteiger partial charge in [0.15, 0.2) is 0 Å². The van der Waals surface area contributed by atoms with Crippen LogP contribution in [0.15, 0.2) is 78.0 Å². The van der Waals surface area contributed by atoms with Gasteiger partial charge < -0.3 is 4.90 Å². The van der Waals surface area contributed by atoms with Gasteiger partial charge in [0, 0.05) is 23.8 Å². The molecule has 0 spiro atoms. The minimum atomic E-state index is 0.500. The quantitative estimate of drug-likeness (QED) is 0.705. The highest BCUT2D eigenvalue weighted by molar-refractivity contribution is 5.61. The second-order valence-electron chi connectivity index (χ2n) is 5.88. The average Bonchev–Trinajstić information content (AvgIpc) is 2.55. The van der Waals surface area contributed by atoms with Crippen molar-refractivity contribution in [2.45, 2.75) is 25.8 Å². The minimum Gasteiger partial charge on any atom is -0.340 e. The topological polar surface area (TPSA) is 3.24 Å². The van der Waals surface area contributed by atoms with E-state index >= 15 is 0 Å². The molecule has 0 aromatic heterocycles. The number of rotatable bonds is 1. The zero-order chi connectivity index (χ0) is 14.2. The van der Waals surface area contributed by atoms with Crippen LogP contribution < -0.4 is 4.90 Å². The summed E-state index contributed by atoms with van der Waals surface area (Å²) in [5.41, 5.74) is 7.12. The van der Waals surface area contributed by atoms with E-state index in [0.717, 1.165) is 13.0 Å². The molecule has 2 aliphatic rings. The lowest BCUT2D eigenvalue weighted by atomic mass is 9.80. The van der Waals surface area contributed by atoms with E-state index in [0.29, 0.717) is 5.92 Å². The molecule has 0 fully saturated rings. The molecule has 0 saturated carbocycles. The molecule has 2 aromatic carbocycles. The fourth-order valence-corrected chi connectivity index (χ4v) is 3.64. The average molecular weight is 273 g/mol. The number of hydrogen-bond donors (Lipinski definition) is 0. The standard InChI is InChI=1S/C20H19N/c1-15-8-7-13-19-18-12-6-5-9-16(18)14-21(20(15)19)17-10-3-2-4-11-17/h2-12,19H,13-14H2,1H3/t19-/m0/s1. The third kappa shape index (κ3) is 2.01. The van der Waals surface area contributed by atoms with E-state index in [2.05, 4.69) is 78.6 Å². The van der Waals surface area contributed by atoms with Crippen molar-refractivity contribution >= 4 is 5.69 Å². The van der Waals surface area contributed by atoms with Crippen LogP contribution >= 0.6 is 0 Å². The normalized spacial score (nSPS) is 20.2. The Labute approximate surface area is 126 Å². The van der Waals surface area contributed by atoms with E-state index in [1.807, 2.05) is 0 Å². The van der Waals surface area contributed by atoms with E-state index < -0.39 is 0 Å². The van der Waals surface area contributed by atoms with Crippen molar-refractivity contribution in [1.82, 2.24) is 0 Å². The molecule has 0 bridgehead atoms. The summed E-state index contributed by atoms with van der Waals surface area (Å²) >= 11 is 0. The zero-order valence-corrected chi connectivity index (χ0v) is 12.3. The molecule has 2 aromatic rings. The van der Waals surface area contributed by atoms with Gasteiger partial charge in [-0.05, 0) is 42.2 Å². The Morgan fingerprint density at radius 1 is 0.952 bits per heavy atom. The number of fused-ring (bicyclic) bond motifs is 3. The molecule has 0 radical (unpaired) electrons. The van der Waals surface area contributed by atoms with Crippen LogP contribution in [0.1, 0.15) is 30.4 Å². The van der Waals surface area contributed by atoms with Gasteiger partial charge in [-0.3, -0.25) is 0 Å². The Balaban J connectivity index is 1.90. The van der Waals surface area contributed by atoms with Gasteiger partial charge >= 0.3 is 0 Å². The zero-order valence-electron chi connectivity index (χ0n) is 12.3. The summed E-state index contributed by atoms with van der Waals surface area (Å²) in [4.78, 5) is 2.49. The number of benzene rings is 2. The van der Waals surface area contributed by atoms with Crippen LogP contribution in [-0.2, 0) is 6.54 Å². The van der Waals surface area contributed by atoms with Crippen LogP contribution in [0.4, 0.5) is 5.69 Å². The smallest absolute Gasteiger partial charge is 0.0481 e. The summed E-state index contributed by atoms with van der Waals surface area (Å²) in [7, 11) is 0. The molecule has 1 atom stereocenters. The van der Waals surface area contributed by atoms with Crippen molar-refractivity contribution in [3.8, 4) is 0 Å². The molecule has 1 aliphatic heterocycles. The Kier molecular flexibility index (Phi) is 2.92. The van der Waals surface area contributed by atoms with Gasteiger partial charge in [-0.2, -0.15) is 0 Å². The van der Waals surface area contributed by atoms with Gasteiger partial charge in [0.05, 0.1) is 0 Å². The Morgan fingerprint density at radius 3 is 2.57 bits per heavy atom. The summed E-state index contributed by atoms with van der Waals surface area (Å²) in [6.07, 6.45) is 5.69. The molecular weight excluding hydrogens is 254 g/mol. The molecule has 0 amide bonds. The predicted molar refractivity (Wildman–Crippen MR) is 88.3 cm³/mol. The SMILES string of the molecule is CC1=C2[C@@H](CC=C1)c1ccccc1CN2c1ccccc1. The summed E-state index contributed by atoms with van der Waals surface area (Å²) in [6.45, 7) is 3.21. The maximum absolute atomic E-state index is 2.49. The second-order valence-corrected chi connectivity index (χ2v) is 5.88. The van der Waals surface area contributed by atoms with Crippen LogP contribution in [0.3, 0.4) is 0 Å². The summed E-state index contributed by atoms with van der Waals surface area (Å²) < 4.78 is 0. The molecule has 104 valence electrons. The van der Waals surface area contributed by atoms with Crippen LogP contribution in [-0.4, -0.2) is 0 Å². The number of nitrogens with zero attached hydrogens (tertiary/aromatic N) is 1. The lowest BCUT2D eigenvalue weighted by Gasteiger charge is -2.41. The molecule has 21 heavy (non-hydrogen) atoms. The van der Waals surface area contributed by atoms with E-state index in [1.54, 1.807) is 0 Å². The first-order valence-corrected chi connectivity index (χ1v) is 7.62. The minimum absolute atomic E-state index is 0.500. The fraction of sp³-hybridized carbons (Fsp3) is 0.200. The molecular formula is C20H19N. The third-order valence-electron chi connectivity index (χ3n) is 4.59. The van der Waals surface area contributed by atoms with E-state index in [4.69, 9.17) is 0 Å². The number of hydrogen-bond acceptors (Lipinski definition) is 1. The van der Waals surface area contributed by atoms with Crippen molar-refractivity contribution in [2.24, 2.45) is 0 Å². The summed E-state index contributed by atoms with van der Waals surface area (Å²) in [5.74, 6) is 0.500. The highest BCUT2D eigenvalue weighted by atomic mass is 15.2. The van der Waals surface area contributed by atoms with Gasteiger partial charge in [0.2, 0.25) is 0 Å². The highest BCUT2D eigenvalue weighted by Crippen LogP contribution is 2.44. The van der Waals surface area contributed by atoms with Gasteiger partial charge in [0.25, 0.3) is 0 Å². The molecule has 4 rings (SSSR count). The maximum atomic E-state index is 2.49. The van der Waals surface area contributed by atoms with Crippen molar-refractivity contribution in [3.63, 3.8) is 0 Å². The van der Waals surface area contributed by atoms with E-state index in [1.165, 1.54) is 28.1 Å². The number of anilines is 1. The molecule has 1 heteroatoms. The van der Waals surface area contributed by atoms with Crippen LogP contribution in [0.2, 0.25) is 0 Å². The fourth-order valence-electron chi connectivity index (χ4n) is 3.64. The van der Waals surface area contributed by atoms with Crippen LogP contribution in [0.25, 0.3) is 0 Å². The Morgan fingerprint density at radius 2 is 1.71 bits per heavy atom. The Bertz CT molecular complexity index is 725. The highest BCUT2D eigenvalue weighted by Gasteiger charge is 2.31. The molecule has 1 nitrogen and oxygen atoms in total. The van der Waals surface area contributed by atoms with E-state index in [-0.39, 0.29) is 0 Å². The first kappa shape index (κ1) is 12.5. The molecule has 0 N–H and O–H groups in total. The first-order valence-electron chi connectivity index (χ1n) is 7.62. The molecule has 1 aliphatic carbocycles. The van der Waals surface area contributed by atoms with Crippen molar-refractivity contribution in [1.29, 1.82) is 0 Å². The number of allylic oxidation sites excluding steroid dienone is 4. The predicted octanol–water partition coefficient (Wildman–Crippen LogP) is 5.02. The van der Waals surface area contributed by atoms with Crippen molar-refractivity contribution in [3.05, 3.63) is 89.1 Å². The number of para-hydroxylation sites is 1. The van der Waals surface area contributed by atoms with Crippen molar-refractivity contribution < 1.29 is 0 Å². The van der Waals surface area contributed by atoms with Crippen LogP contribution in [0.5, 0.6) is 0 Å². The van der Waals surface area contributed by atoms with Gasteiger partial charge in [0.1, 0.15) is 0 Å². The van der Waals surface area contributed by atoms with Crippen molar-refractivity contribution in [2.75, 3.05) is 4.90 Å². The first-order chi connectivity index (χ1) is 10.3. The van der Waals surface area contributed by atoms with Gasteiger partial charge in [-0.25, -0.2) is 0 Å². The third-order valence-corrected chi connectivity index (χ3v) is 4.59. The van der Waals surface area contributed by atoms with E-state index in [9.17, 15) is 0 Å². The lowest BCUT2D eigenvalue weighted by molar-refractivity contribution is 0.673. The lowest BCUT2D eigenvalue weighted by Crippen LogP contribution is -2.33. The van der Waals surface area contributed by atoms with Crippen LogP contribution in [0, 0.1) is 0 Å².